The lowest BCUT2D eigenvalue weighted by molar-refractivity contribution is 0.462. The summed E-state index contributed by atoms with van der Waals surface area (Å²) in [7, 11) is 0. The first-order valence-corrected chi connectivity index (χ1v) is 12.5. The van der Waals surface area contributed by atoms with Crippen LogP contribution in [0.3, 0.4) is 0 Å². The summed E-state index contributed by atoms with van der Waals surface area (Å²) in [6.07, 6.45) is 0.708. The van der Waals surface area contributed by atoms with E-state index < -0.39 is 0 Å². The number of phenols is 3. The molecule has 0 saturated carbocycles. The van der Waals surface area contributed by atoms with Crippen LogP contribution in [0.2, 0.25) is 0 Å². The molecule has 0 saturated heterocycles. The number of aromatic hydroxyl groups is 3. The van der Waals surface area contributed by atoms with Crippen molar-refractivity contribution in [1.82, 2.24) is 0 Å². The summed E-state index contributed by atoms with van der Waals surface area (Å²) in [5.41, 5.74) is 9.47. The molecule has 0 amide bonds. The smallest absolute Gasteiger partial charge is 0.121 e. The summed E-state index contributed by atoms with van der Waals surface area (Å²) in [5.74, 6) is 0.863. The highest BCUT2D eigenvalue weighted by atomic mass is 16.3. The molecule has 0 radical (unpaired) electrons. The highest BCUT2D eigenvalue weighted by Crippen LogP contribution is 2.45. The summed E-state index contributed by atoms with van der Waals surface area (Å²) < 4.78 is 0. The van der Waals surface area contributed by atoms with Gasteiger partial charge in [-0.15, -0.1) is 0 Å². The zero-order chi connectivity index (χ0) is 26.1. The van der Waals surface area contributed by atoms with Gasteiger partial charge >= 0.3 is 0 Å². The fourth-order valence-corrected chi connectivity index (χ4v) is 5.47. The number of hydrogen-bond donors (Lipinski definition) is 3. The maximum absolute atomic E-state index is 10.8. The van der Waals surface area contributed by atoms with Crippen LogP contribution in [-0.2, 0) is 0 Å². The lowest BCUT2D eigenvalue weighted by Gasteiger charge is -2.29. The average Bonchev–Trinajstić information content (AvgIpc) is 2.87. The molecule has 186 valence electrons. The topological polar surface area (TPSA) is 60.7 Å². The van der Waals surface area contributed by atoms with Gasteiger partial charge in [-0.25, -0.2) is 0 Å². The maximum Gasteiger partial charge on any atom is 0.121 e. The highest BCUT2D eigenvalue weighted by molar-refractivity contribution is 5.54. The molecular formula is C33H36O3. The average molecular weight is 481 g/mol. The molecule has 0 aliphatic carbocycles. The Hall–Kier alpha value is -3.72. The second-order valence-electron chi connectivity index (χ2n) is 10.1. The Bertz CT molecular complexity index is 1350. The second kappa shape index (κ2) is 10.1. The summed E-state index contributed by atoms with van der Waals surface area (Å²) in [4.78, 5) is 0. The highest BCUT2D eigenvalue weighted by Gasteiger charge is 2.28. The van der Waals surface area contributed by atoms with Crippen molar-refractivity contribution in [2.75, 3.05) is 0 Å². The summed E-state index contributed by atoms with van der Waals surface area (Å²) in [6.45, 7) is 11.7. The van der Waals surface area contributed by atoms with Gasteiger partial charge in [0.05, 0.1) is 0 Å². The van der Waals surface area contributed by atoms with E-state index in [1.807, 2.05) is 77.9 Å². The van der Waals surface area contributed by atoms with Crippen molar-refractivity contribution < 1.29 is 15.3 Å². The van der Waals surface area contributed by atoms with E-state index in [0.29, 0.717) is 23.7 Å². The van der Waals surface area contributed by atoms with Crippen molar-refractivity contribution in [1.29, 1.82) is 0 Å². The van der Waals surface area contributed by atoms with Gasteiger partial charge in [-0.3, -0.25) is 0 Å². The van der Waals surface area contributed by atoms with E-state index in [1.165, 1.54) is 0 Å². The predicted octanol–water partition coefficient (Wildman–Crippen LogP) is 8.01. The molecule has 3 N–H and O–H groups in total. The first-order valence-electron chi connectivity index (χ1n) is 12.5. The van der Waals surface area contributed by atoms with Crippen LogP contribution in [0.1, 0.15) is 73.9 Å². The Morgan fingerprint density at radius 3 is 1.22 bits per heavy atom. The Morgan fingerprint density at radius 2 is 0.833 bits per heavy atom. The van der Waals surface area contributed by atoms with Crippen molar-refractivity contribution in [3.8, 4) is 17.2 Å². The molecular weight excluding hydrogens is 444 g/mol. The van der Waals surface area contributed by atoms with E-state index in [1.54, 1.807) is 0 Å². The van der Waals surface area contributed by atoms with Gasteiger partial charge < -0.3 is 15.3 Å². The van der Waals surface area contributed by atoms with Crippen LogP contribution >= 0.6 is 0 Å². The SMILES string of the molecule is Cc1ccc(C(CC(c2ccc(C)c(O)c2C)c2ccc(C)c(O)c2C)c2ccccc2)c(C)c1O. The van der Waals surface area contributed by atoms with Gasteiger partial charge in [0.15, 0.2) is 0 Å². The minimum absolute atomic E-state index is 0.00612. The number of hydrogen-bond acceptors (Lipinski definition) is 3. The zero-order valence-corrected chi connectivity index (χ0v) is 22.1. The minimum Gasteiger partial charge on any atom is -0.507 e. The Labute approximate surface area is 214 Å². The fraction of sp³-hybridized carbons (Fsp3) is 0.273. The summed E-state index contributed by atoms with van der Waals surface area (Å²) >= 11 is 0. The number of aryl methyl sites for hydroxylation is 3. The van der Waals surface area contributed by atoms with E-state index in [0.717, 1.165) is 55.6 Å². The quantitative estimate of drug-likeness (QED) is 0.262. The number of benzene rings is 4. The van der Waals surface area contributed by atoms with Crippen molar-refractivity contribution in [3.05, 3.63) is 122 Å². The first-order chi connectivity index (χ1) is 17.1. The monoisotopic (exact) mass is 480 g/mol. The van der Waals surface area contributed by atoms with Gasteiger partial charge in [0, 0.05) is 11.8 Å². The largest absolute Gasteiger partial charge is 0.507 e. The minimum atomic E-state index is -0.0870. The van der Waals surface area contributed by atoms with Crippen LogP contribution in [0.5, 0.6) is 17.2 Å². The Balaban J connectivity index is 1.96. The lowest BCUT2D eigenvalue weighted by atomic mass is 9.74. The fourth-order valence-electron chi connectivity index (χ4n) is 5.47. The molecule has 0 fully saturated rings. The van der Waals surface area contributed by atoms with Crippen LogP contribution in [0.25, 0.3) is 0 Å². The predicted molar refractivity (Wildman–Crippen MR) is 147 cm³/mol. The van der Waals surface area contributed by atoms with Crippen LogP contribution in [0, 0.1) is 41.5 Å². The molecule has 0 aliphatic heterocycles. The van der Waals surface area contributed by atoms with Gasteiger partial charge in [-0.1, -0.05) is 66.7 Å². The molecule has 1 unspecified atom stereocenters. The molecule has 4 aromatic rings. The van der Waals surface area contributed by atoms with E-state index in [2.05, 4.69) is 30.3 Å². The van der Waals surface area contributed by atoms with Crippen LogP contribution in [-0.4, -0.2) is 15.3 Å². The molecule has 3 nitrogen and oxygen atoms in total. The molecule has 3 heteroatoms. The first kappa shape index (κ1) is 25.4. The molecule has 4 aromatic carbocycles. The van der Waals surface area contributed by atoms with E-state index in [-0.39, 0.29) is 11.8 Å². The normalized spacial score (nSPS) is 12.2. The van der Waals surface area contributed by atoms with Crippen molar-refractivity contribution in [2.45, 2.75) is 59.8 Å². The molecule has 36 heavy (non-hydrogen) atoms. The Morgan fingerprint density at radius 1 is 0.472 bits per heavy atom. The third-order valence-corrected chi connectivity index (χ3v) is 7.82. The molecule has 1 atom stereocenters. The lowest BCUT2D eigenvalue weighted by Crippen LogP contribution is -2.13. The zero-order valence-electron chi connectivity index (χ0n) is 22.1. The molecule has 0 aromatic heterocycles. The third kappa shape index (κ3) is 4.58. The molecule has 4 rings (SSSR count). The number of phenolic OH excluding ortho intramolecular Hbond substituents is 3. The van der Waals surface area contributed by atoms with Crippen LogP contribution in [0.15, 0.2) is 66.7 Å². The van der Waals surface area contributed by atoms with E-state index in [4.69, 9.17) is 0 Å². The second-order valence-corrected chi connectivity index (χ2v) is 10.1. The summed E-state index contributed by atoms with van der Waals surface area (Å²) in [6, 6.07) is 22.6. The Kier molecular flexibility index (Phi) is 7.12. The molecule has 0 aliphatic rings. The van der Waals surface area contributed by atoms with Crippen molar-refractivity contribution in [3.63, 3.8) is 0 Å². The third-order valence-electron chi connectivity index (χ3n) is 7.82. The molecule has 0 bridgehead atoms. The van der Waals surface area contributed by atoms with Crippen molar-refractivity contribution in [2.24, 2.45) is 0 Å². The van der Waals surface area contributed by atoms with Crippen molar-refractivity contribution >= 4 is 0 Å². The van der Waals surface area contributed by atoms with E-state index >= 15 is 0 Å². The van der Waals surface area contributed by atoms with Gasteiger partial charge in [0.1, 0.15) is 17.2 Å². The number of rotatable bonds is 6. The standard InChI is InChI=1S/C33H36O3/c1-19-12-15-26(22(4)31(19)34)29(25-10-8-7-9-11-25)18-30(27-16-13-20(2)32(35)23(27)5)28-17-14-21(3)33(36)24(28)6/h7-17,29-30,34-36H,18H2,1-6H3. The molecule has 0 heterocycles. The van der Waals surface area contributed by atoms with Crippen LogP contribution < -0.4 is 0 Å². The maximum atomic E-state index is 10.8. The van der Waals surface area contributed by atoms with Gasteiger partial charge in [0.2, 0.25) is 0 Å². The van der Waals surface area contributed by atoms with Crippen LogP contribution in [0.4, 0.5) is 0 Å². The van der Waals surface area contributed by atoms with Gasteiger partial charge in [-0.05, 0) is 104 Å². The van der Waals surface area contributed by atoms with E-state index in [9.17, 15) is 15.3 Å². The summed E-state index contributed by atoms with van der Waals surface area (Å²) in [5, 5.41) is 32.5. The molecule has 0 spiro atoms. The van der Waals surface area contributed by atoms with Gasteiger partial charge in [-0.2, -0.15) is 0 Å². The van der Waals surface area contributed by atoms with Gasteiger partial charge in [0.25, 0.3) is 0 Å².